The molecule has 0 aliphatic heterocycles. The fraction of sp³-hybridized carbons (Fsp3) is 0.222. The second-order valence-corrected chi connectivity index (χ2v) is 2.60. The molecule has 0 heterocycles. The van der Waals surface area contributed by atoms with Crippen LogP contribution < -0.4 is 5.73 Å². The van der Waals surface area contributed by atoms with Gasteiger partial charge in [0.25, 0.3) is 0 Å². The molecule has 0 aliphatic rings. The Labute approximate surface area is 70.8 Å². The van der Waals surface area contributed by atoms with Gasteiger partial charge in [0.2, 0.25) is 0 Å². The van der Waals surface area contributed by atoms with E-state index in [1.165, 1.54) is 0 Å². The summed E-state index contributed by atoms with van der Waals surface area (Å²) in [5, 5.41) is 8.74. The normalized spacial score (nSPS) is 9.83. The predicted octanol–water partition coefficient (Wildman–Crippen LogP) is 1.15. The van der Waals surface area contributed by atoms with Crippen LogP contribution in [0.4, 0.5) is 0 Å². The Morgan fingerprint density at radius 3 is 2.75 bits per heavy atom. The highest BCUT2D eigenvalue weighted by atomic mass is 16.4. The minimum Gasteiger partial charge on any atom is -0.478 e. The summed E-state index contributed by atoms with van der Waals surface area (Å²) >= 11 is 0. The fourth-order valence-electron chi connectivity index (χ4n) is 1.14. The number of nitrogens with two attached hydrogens (primary N) is 1. The van der Waals surface area contributed by atoms with E-state index in [1.807, 2.05) is 6.07 Å². The highest BCUT2D eigenvalue weighted by Crippen LogP contribution is 2.12. The van der Waals surface area contributed by atoms with Crippen LogP contribution in [0.2, 0.25) is 0 Å². The van der Waals surface area contributed by atoms with Crippen LogP contribution in [0.1, 0.15) is 21.5 Å². The van der Waals surface area contributed by atoms with E-state index < -0.39 is 5.97 Å². The summed E-state index contributed by atoms with van der Waals surface area (Å²) in [5.74, 6) is -0.900. The Hall–Kier alpha value is -1.35. The Morgan fingerprint density at radius 1 is 1.58 bits per heavy atom. The lowest BCUT2D eigenvalue weighted by Gasteiger charge is -2.05. The van der Waals surface area contributed by atoms with Crippen LogP contribution in [0.25, 0.3) is 0 Å². The fourth-order valence-corrected chi connectivity index (χ4v) is 1.14. The SMILES string of the molecule is Cc1c(CN)cccc1C(=O)O. The van der Waals surface area contributed by atoms with Gasteiger partial charge in [0, 0.05) is 6.54 Å². The summed E-state index contributed by atoms with van der Waals surface area (Å²) in [5.41, 5.74) is 7.40. The van der Waals surface area contributed by atoms with Crippen molar-refractivity contribution in [3.8, 4) is 0 Å². The maximum atomic E-state index is 10.6. The smallest absolute Gasteiger partial charge is 0.335 e. The average molecular weight is 165 g/mol. The van der Waals surface area contributed by atoms with Crippen LogP contribution in [-0.2, 0) is 6.54 Å². The summed E-state index contributed by atoms with van der Waals surface area (Å²) in [4.78, 5) is 10.6. The van der Waals surface area contributed by atoms with Gasteiger partial charge < -0.3 is 10.8 Å². The number of rotatable bonds is 2. The maximum absolute atomic E-state index is 10.6. The Kier molecular flexibility index (Phi) is 2.45. The number of carboxylic acids is 1. The van der Waals surface area contributed by atoms with E-state index >= 15 is 0 Å². The van der Waals surface area contributed by atoms with Gasteiger partial charge in [0.15, 0.2) is 0 Å². The molecule has 0 saturated heterocycles. The number of benzene rings is 1. The molecule has 0 bridgehead atoms. The van der Waals surface area contributed by atoms with Crippen LogP contribution in [-0.4, -0.2) is 11.1 Å². The zero-order valence-electron chi connectivity index (χ0n) is 6.87. The molecule has 0 aliphatic carbocycles. The first-order valence-electron chi connectivity index (χ1n) is 3.68. The summed E-state index contributed by atoms with van der Waals surface area (Å²) in [6, 6.07) is 5.12. The lowest BCUT2D eigenvalue weighted by molar-refractivity contribution is 0.0696. The van der Waals surface area contributed by atoms with Gasteiger partial charge in [-0.1, -0.05) is 12.1 Å². The molecule has 0 aromatic heterocycles. The first kappa shape index (κ1) is 8.74. The van der Waals surface area contributed by atoms with Gasteiger partial charge in [0.05, 0.1) is 5.56 Å². The van der Waals surface area contributed by atoms with Gasteiger partial charge in [-0.2, -0.15) is 0 Å². The van der Waals surface area contributed by atoms with Crippen LogP contribution >= 0.6 is 0 Å². The molecule has 0 spiro atoms. The van der Waals surface area contributed by atoms with Crippen molar-refractivity contribution in [3.63, 3.8) is 0 Å². The number of carbonyl (C=O) groups is 1. The van der Waals surface area contributed by atoms with E-state index in [2.05, 4.69) is 0 Å². The minimum atomic E-state index is -0.900. The van der Waals surface area contributed by atoms with E-state index in [4.69, 9.17) is 10.8 Å². The summed E-state index contributed by atoms with van der Waals surface area (Å²) in [6.45, 7) is 2.15. The third-order valence-electron chi connectivity index (χ3n) is 1.90. The van der Waals surface area contributed by atoms with Crippen molar-refractivity contribution in [3.05, 3.63) is 34.9 Å². The predicted molar refractivity (Wildman–Crippen MR) is 46.0 cm³/mol. The van der Waals surface area contributed by atoms with Crippen molar-refractivity contribution in [1.82, 2.24) is 0 Å². The van der Waals surface area contributed by atoms with E-state index in [0.29, 0.717) is 12.1 Å². The van der Waals surface area contributed by atoms with Crippen molar-refractivity contribution < 1.29 is 9.90 Å². The second-order valence-electron chi connectivity index (χ2n) is 2.60. The zero-order valence-corrected chi connectivity index (χ0v) is 6.87. The molecule has 0 amide bonds. The topological polar surface area (TPSA) is 63.3 Å². The molecule has 1 aromatic carbocycles. The van der Waals surface area contributed by atoms with E-state index in [0.717, 1.165) is 11.1 Å². The Balaban J connectivity index is 3.23. The highest BCUT2D eigenvalue weighted by Gasteiger charge is 2.07. The molecule has 0 saturated carbocycles. The van der Waals surface area contributed by atoms with Gasteiger partial charge in [0.1, 0.15) is 0 Å². The molecule has 3 nitrogen and oxygen atoms in total. The van der Waals surface area contributed by atoms with E-state index in [-0.39, 0.29) is 0 Å². The lowest BCUT2D eigenvalue weighted by atomic mass is 10.0. The Bertz CT molecular complexity index is 307. The maximum Gasteiger partial charge on any atom is 0.335 e. The molecule has 0 fully saturated rings. The first-order valence-corrected chi connectivity index (χ1v) is 3.68. The van der Waals surface area contributed by atoms with E-state index in [1.54, 1.807) is 19.1 Å². The molecular weight excluding hydrogens is 154 g/mol. The summed E-state index contributed by atoms with van der Waals surface area (Å²) in [6.07, 6.45) is 0. The third kappa shape index (κ3) is 1.46. The van der Waals surface area contributed by atoms with Crippen molar-refractivity contribution in [2.24, 2.45) is 5.73 Å². The highest BCUT2D eigenvalue weighted by molar-refractivity contribution is 5.89. The van der Waals surface area contributed by atoms with Gasteiger partial charge in [-0.05, 0) is 24.1 Å². The zero-order chi connectivity index (χ0) is 9.14. The molecule has 0 unspecified atom stereocenters. The number of aromatic carboxylic acids is 1. The number of carboxylic acid groups (broad SMARTS) is 1. The number of hydrogen-bond donors (Lipinski definition) is 2. The standard InChI is InChI=1S/C9H11NO2/c1-6-7(5-10)3-2-4-8(6)9(11)12/h2-4H,5,10H2,1H3,(H,11,12). The molecule has 1 rings (SSSR count). The van der Waals surface area contributed by atoms with Gasteiger partial charge in [-0.15, -0.1) is 0 Å². The van der Waals surface area contributed by atoms with Crippen LogP contribution in [0.5, 0.6) is 0 Å². The van der Waals surface area contributed by atoms with Crippen molar-refractivity contribution in [2.75, 3.05) is 0 Å². The minimum absolute atomic E-state index is 0.331. The van der Waals surface area contributed by atoms with Crippen LogP contribution in [0.3, 0.4) is 0 Å². The Morgan fingerprint density at radius 2 is 2.25 bits per heavy atom. The summed E-state index contributed by atoms with van der Waals surface area (Å²) in [7, 11) is 0. The molecule has 3 heteroatoms. The van der Waals surface area contributed by atoms with Gasteiger partial charge in [-0.25, -0.2) is 4.79 Å². The molecule has 1 aromatic rings. The first-order chi connectivity index (χ1) is 5.66. The number of hydrogen-bond acceptors (Lipinski definition) is 2. The van der Waals surface area contributed by atoms with E-state index in [9.17, 15) is 4.79 Å². The van der Waals surface area contributed by atoms with Crippen molar-refractivity contribution >= 4 is 5.97 Å². The van der Waals surface area contributed by atoms with Crippen molar-refractivity contribution in [2.45, 2.75) is 13.5 Å². The van der Waals surface area contributed by atoms with Crippen molar-refractivity contribution in [1.29, 1.82) is 0 Å². The van der Waals surface area contributed by atoms with Crippen LogP contribution in [0.15, 0.2) is 18.2 Å². The average Bonchev–Trinajstić information content (AvgIpc) is 2.04. The largest absolute Gasteiger partial charge is 0.478 e. The molecular formula is C9H11NO2. The summed E-state index contributed by atoms with van der Waals surface area (Å²) < 4.78 is 0. The molecule has 64 valence electrons. The molecule has 0 radical (unpaired) electrons. The van der Waals surface area contributed by atoms with Gasteiger partial charge >= 0.3 is 5.97 Å². The lowest BCUT2D eigenvalue weighted by Crippen LogP contribution is -2.05. The second kappa shape index (κ2) is 3.36. The molecule has 0 atom stereocenters. The molecule has 12 heavy (non-hydrogen) atoms. The monoisotopic (exact) mass is 165 g/mol. The molecule has 3 N–H and O–H groups in total. The third-order valence-corrected chi connectivity index (χ3v) is 1.90. The van der Waals surface area contributed by atoms with Gasteiger partial charge in [-0.3, -0.25) is 0 Å². The van der Waals surface area contributed by atoms with Crippen LogP contribution in [0, 0.1) is 6.92 Å². The quantitative estimate of drug-likeness (QED) is 0.691.